The van der Waals surface area contributed by atoms with E-state index in [1.54, 1.807) is 18.7 Å². The van der Waals surface area contributed by atoms with Crippen molar-refractivity contribution in [3.63, 3.8) is 0 Å². The minimum absolute atomic E-state index is 0.572. The van der Waals surface area contributed by atoms with Gasteiger partial charge in [0.1, 0.15) is 0 Å². The number of anilines is 1. The number of nitrogens with one attached hydrogen (secondary N) is 1. The lowest BCUT2D eigenvalue weighted by Crippen LogP contribution is -2.21. The maximum absolute atomic E-state index is 5.35. The number of hydrogen-bond acceptors (Lipinski definition) is 7. The highest BCUT2D eigenvalue weighted by molar-refractivity contribution is 5.77. The third-order valence-corrected chi connectivity index (χ3v) is 3.32. The Hall–Kier alpha value is -2.67. The molecule has 7 heteroatoms. The second kappa shape index (κ2) is 6.62. The molecule has 0 radical (unpaired) electrons. The Labute approximate surface area is 134 Å². The molecule has 0 aliphatic rings. The van der Waals surface area contributed by atoms with Crippen molar-refractivity contribution in [3.05, 3.63) is 36.5 Å². The van der Waals surface area contributed by atoms with Crippen molar-refractivity contribution in [2.45, 2.75) is 6.92 Å². The van der Waals surface area contributed by atoms with Gasteiger partial charge in [0.25, 0.3) is 0 Å². The summed E-state index contributed by atoms with van der Waals surface area (Å²) in [4.78, 5) is 11.1. The van der Waals surface area contributed by atoms with Gasteiger partial charge in [0.05, 0.1) is 29.5 Å². The Morgan fingerprint density at radius 2 is 2.17 bits per heavy atom. The molecule has 3 aromatic rings. The summed E-state index contributed by atoms with van der Waals surface area (Å²) in [5, 5.41) is 7.15. The fourth-order valence-corrected chi connectivity index (χ4v) is 2.15. The van der Waals surface area contributed by atoms with E-state index >= 15 is 0 Å². The van der Waals surface area contributed by atoms with Crippen LogP contribution in [0.4, 0.5) is 5.95 Å². The van der Waals surface area contributed by atoms with E-state index in [4.69, 9.17) is 8.94 Å². The molecular weight excluding hydrogens is 294 g/mol. The lowest BCUT2D eigenvalue weighted by Gasteiger charge is -2.11. The second-order valence-corrected chi connectivity index (χ2v) is 5.53. The van der Waals surface area contributed by atoms with Crippen molar-refractivity contribution in [1.82, 2.24) is 20.0 Å². The van der Waals surface area contributed by atoms with Crippen LogP contribution in [-0.2, 0) is 0 Å². The molecule has 23 heavy (non-hydrogen) atoms. The highest BCUT2D eigenvalue weighted by Crippen LogP contribution is 2.31. The normalized spacial score (nSPS) is 11.1. The van der Waals surface area contributed by atoms with E-state index in [2.05, 4.69) is 25.3 Å². The molecule has 0 amide bonds. The first kappa shape index (κ1) is 15.2. The van der Waals surface area contributed by atoms with E-state index in [-0.39, 0.29) is 0 Å². The summed E-state index contributed by atoms with van der Waals surface area (Å²) in [7, 11) is 4.05. The average molecular weight is 313 g/mol. The first-order valence-electron chi connectivity index (χ1n) is 7.35. The zero-order valence-electron chi connectivity index (χ0n) is 13.4. The Morgan fingerprint density at radius 1 is 1.30 bits per heavy atom. The molecule has 120 valence electrons. The third-order valence-electron chi connectivity index (χ3n) is 3.32. The second-order valence-electron chi connectivity index (χ2n) is 5.53. The Bertz CT molecular complexity index is 765. The number of likely N-dealkylation sites (N-methyl/N-ethyl adjacent to an activating group) is 1. The van der Waals surface area contributed by atoms with Crippen LogP contribution >= 0.6 is 0 Å². The van der Waals surface area contributed by atoms with E-state index < -0.39 is 0 Å². The summed E-state index contributed by atoms with van der Waals surface area (Å²) in [5.74, 6) is 1.21. The summed E-state index contributed by atoms with van der Waals surface area (Å²) < 4.78 is 10.5. The smallest absolute Gasteiger partial charge is 0.223 e. The van der Waals surface area contributed by atoms with E-state index in [1.165, 1.54) is 0 Å². The average Bonchev–Trinajstić information content (AvgIpc) is 3.18. The molecule has 3 aromatic heterocycles. The van der Waals surface area contributed by atoms with Gasteiger partial charge in [0.15, 0.2) is 5.76 Å². The molecule has 0 aromatic carbocycles. The van der Waals surface area contributed by atoms with Gasteiger partial charge in [-0.05, 0) is 27.1 Å². The van der Waals surface area contributed by atoms with Crippen LogP contribution in [0.3, 0.4) is 0 Å². The number of furan rings is 1. The molecular formula is C16H19N5O2. The summed E-state index contributed by atoms with van der Waals surface area (Å²) in [6.07, 6.45) is 5.01. The fourth-order valence-electron chi connectivity index (χ4n) is 2.15. The van der Waals surface area contributed by atoms with Crippen LogP contribution in [0.2, 0.25) is 0 Å². The number of rotatable bonds is 6. The zero-order valence-corrected chi connectivity index (χ0v) is 13.4. The number of nitrogens with zero attached hydrogens (tertiary/aromatic N) is 4. The van der Waals surface area contributed by atoms with Crippen LogP contribution < -0.4 is 5.32 Å². The maximum atomic E-state index is 5.35. The van der Waals surface area contributed by atoms with Gasteiger partial charge in [-0.25, -0.2) is 9.97 Å². The maximum Gasteiger partial charge on any atom is 0.223 e. The van der Waals surface area contributed by atoms with Gasteiger partial charge in [0, 0.05) is 30.9 Å². The fraction of sp³-hybridized carbons (Fsp3) is 0.312. The monoisotopic (exact) mass is 313 g/mol. The van der Waals surface area contributed by atoms with Crippen LogP contribution in [-0.4, -0.2) is 47.2 Å². The summed E-state index contributed by atoms with van der Waals surface area (Å²) >= 11 is 0. The van der Waals surface area contributed by atoms with Gasteiger partial charge in [-0.2, -0.15) is 0 Å². The summed E-state index contributed by atoms with van der Waals surface area (Å²) in [5.41, 5.74) is 3.21. The largest absolute Gasteiger partial charge is 0.472 e. The van der Waals surface area contributed by atoms with Crippen molar-refractivity contribution < 1.29 is 8.94 Å². The SMILES string of the molecule is Cc1cc(-c2cnc(NCCN(C)C)nc2-c2ccoc2)on1. The molecule has 3 rings (SSSR count). The molecule has 0 saturated carbocycles. The zero-order chi connectivity index (χ0) is 16.2. The topological polar surface area (TPSA) is 80.2 Å². The van der Waals surface area contributed by atoms with Crippen molar-refractivity contribution in [2.24, 2.45) is 0 Å². The molecule has 0 atom stereocenters. The van der Waals surface area contributed by atoms with Gasteiger partial charge in [0.2, 0.25) is 5.95 Å². The molecule has 0 unspecified atom stereocenters. The molecule has 0 fully saturated rings. The van der Waals surface area contributed by atoms with Gasteiger partial charge < -0.3 is 19.2 Å². The predicted octanol–water partition coefficient (Wildman–Crippen LogP) is 2.67. The minimum Gasteiger partial charge on any atom is -0.472 e. The summed E-state index contributed by atoms with van der Waals surface area (Å²) in [6, 6.07) is 3.72. The molecule has 0 aliphatic heterocycles. The van der Waals surface area contributed by atoms with Crippen molar-refractivity contribution in [2.75, 3.05) is 32.5 Å². The predicted molar refractivity (Wildman–Crippen MR) is 87.0 cm³/mol. The van der Waals surface area contributed by atoms with E-state index in [0.29, 0.717) is 11.7 Å². The molecule has 0 saturated heterocycles. The van der Waals surface area contributed by atoms with Crippen molar-refractivity contribution >= 4 is 5.95 Å². The molecule has 1 N–H and O–H groups in total. The highest BCUT2D eigenvalue weighted by atomic mass is 16.5. The lowest BCUT2D eigenvalue weighted by atomic mass is 10.1. The van der Waals surface area contributed by atoms with Crippen LogP contribution in [0, 0.1) is 6.92 Å². The first-order chi connectivity index (χ1) is 11.1. The van der Waals surface area contributed by atoms with E-state index in [0.717, 1.165) is 35.6 Å². The summed E-state index contributed by atoms with van der Waals surface area (Å²) in [6.45, 7) is 3.54. The molecule has 3 heterocycles. The highest BCUT2D eigenvalue weighted by Gasteiger charge is 2.16. The lowest BCUT2D eigenvalue weighted by molar-refractivity contribution is 0.424. The molecule has 0 bridgehead atoms. The van der Waals surface area contributed by atoms with Crippen LogP contribution in [0.25, 0.3) is 22.6 Å². The van der Waals surface area contributed by atoms with Crippen molar-refractivity contribution in [3.8, 4) is 22.6 Å². The molecule has 0 aliphatic carbocycles. The van der Waals surface area contributed by atoms with Crippen LogP contribution in [0.5, 0.6) is 0 Å². The Balaban J connectivity index is 1.93. The van der Waals surface area contributed by atoms with E-state index in [1.807, 2.05) is 33.2 Å². The number of aryl methyl sites for hydroxylation is 1. The quantitative estimate of drug-likeness (QED) is 0.749. The van der Waals surface area contributed by atoms with Gasteiger partial charge >= 0.3 is 0 Å². The van der Waals surface area contributed by atoms with Gasteiger partial charge in [-0.1, -0.05) is 5.16 Å². The van der Waals surface area contributed by atoms with Gasteiger partial charge in [-0.15, -0.1) is 0 Å². The Morgan fingerprint density at radius 3 is 2.83 bits per heavy atom. The Kier molecular flexibility index (Phi) is 4.38. The minimum atomic E-state index is 0.572. The van der Waals surface area contributed by atoms with Gasteiger partial charge in [-0.3, -0.25) is 0 Å². The number of aromatic nitrogens is 3. The number of hydrogen-bond donors (Lipinski definition) is 1. The third kappa shape index (κ3) is 3.57. The van der Waals surface area contributed by atoms with Crippen LogP contribution in [0.15, 0.2) is 39.8 Å². The van der Waals surface area contributed by atoms with Crippen LogP contribution in [0.1, 0.15) is 5.69 Å². The standard InChI is InChI=1S/C16H19N5O2/c1-11-8-14(23-20-11)13-9-18-16(17-5-6-21(2)3)19-15(13)12-4-7-22-10-12/h4,7-10H,5-6H2,1-3H3,(H,17,18,19). The molecule has 7 nitrogen and oxygen atoms in total. The first-order valence-corrected chi connectivity index (χ1v) is 7.35. The van der Waals surface area contributed by atoms with E-state index in [9.17, 15) is 0 Å². The molecule has 0 spiro atoms. The van der Waals surface area contributed by atoms with Crippen molar-refractivity contribution in [1.29, 1.82) is 0 Å².